The molecule has 1 amide bonds. The third-order valence-electron chi connectivity index (χ3n) is 5.99. The number of halogens is 2. The quantitative estimate of drug-likeness (QED) is 0.163. The van der Waals surface area contributed by atoms with Crippen LogP contribution in [0.2, 0.25) is 5.02 Å². The summed E-state index contributed by atoms with van der Waals surface area (Å²) in [5.74, 6) is -0.210. The first-order valence-corrected chi connectivity index (χ1v) is 15.4. The van der Waals surface area contributed by atoms with Gasteiger partial charge < -0.3 is 9.62 Å². The van der Waals surface area contributed by atoms with Gasteiger partial charge in [-0.3, -0.25) is 4.79 Å². The third-order valence-corrected chi connectivity index (χ3v) is 7.36. The number of benzene rings is 3. The Bertz CT molecular complexity index is 1420. The van der Waals surface area contributed by atoms with E-state index in [0.29, 0.717) is 22.0 Å². The van der Waals surface area contributed by atoms with E-state index in [4.69, 9.17) is 11.6 Å². The first-order valence-electron chi connectivity index (χ1n) is 14.1. The Labute approximate surface area is 254 Å². The highest BCUT2D eigenvalue weighted by molar-refractivity contribution is 8.00. The number of unbranched alkanes of at least 4 members (excludes halogenated alkanes) is 1. The molecule has 0 fully saturated rings. The standard InChI is InChI=1S/C26H23ClFN3OS.C4H10.C4H8/c1-3-31(33-4-2)19-11-12-20(23(28)16-19)26(32)29-18-10-13-22(27)21(15-18)25-14-9-17-7-5-6-8-24(17)30-25;2*1-3-4-2/h5-16H,3-4H2,1-2H3,(H,29,32);3-4H2,1-2H3;3-4H,1-2H3/b;;4-3-. The van der Waals surface area contributed by atoms with Gasteiger partial charge in [-0.05, 0) is 69.3 Å². The van der Waals surface area contributed by atoms with Crippen molar-refractivity contribution in [3.8, 4) is 11.3 Å². The summed E-state index contributed by atoms with van der Waals surface area (Å²) in [4.78, 5) is 17.5. The molecule has 1 N–H and O–H groups in total. The van der Waals surface area contributed by atoms with Gasteiger partial charge in [0.2, 0.25) is 0 Å². The zero-order chi connectivity index (χ0) is 30.2. The van der Waals surface area contributed by atoms with Crippen molar-refractivity contribution in [2.75, 3.05) is 21.9 Å². The molecule has 0 spiro atoms. The molecule has 4 rings (SSSR count). The Hall–Kier alpha value is -3.35. The Kier molecular flexibility index (Phi) is 15.0. The summed E-state index contributed by atoms with van der Waals surface area (Å²) in [6.45, 7) is 13.1. The molecule has 0 saturated carbocycles. The van der Waals surface area contributed by atoms with E-state index in [1.807, 2.05) is 80.6 Å². The Morgan fingerprint density at radius 2 is 1.66 bits per heavy atom. The summed E-state index contributed by atoms with van der Waals surface area (Å²) in [6, 6.07) is 21.5. The monoisotopic (exact) mass is 593 g/mol. The van der Waals surface area contributed by atoms with E-state index >= 15 is 0 Å². The van der Waals surface area contributed by atoms with E-state index in [9.17, 15) is 9.18 Å². The van der Waals surface area contributed by atoms with Crippen molar-refractivity contribution in [2.24, 2.45) is 0 Å². The largest absolute Gasteiger partial charge is 0.322 e. The number of nitrogens with zero attached hydrogens (tertiary/aromatic N) is 2. The van der Waals surface area contributed by atoms with Crippen LogP contribution < -0.4 is 9.62 Å². The van der Waals surface area contributed by atoms with Crippen LogP contribution in [0.1, 0.15) is 64.7 Å². The molecule has 0 saturated heterocycles. The molecule has 0 bridgehead atoms. The van der Waals surface area contributed by atoms with Crippen molar-refractivity contribution in [1.82, 2.24) is 4.98 Å². The molecule has 3 aromatic carbocycles. The highest BCUT2D eigenvalue weighted by atomic mass is 35.5. The van der Waals surface area contributed by atoms with E-state index in [0.717, 1.165) is 28.9 Å². The summed E-state index contributed by atoms with van der Waals surface area (Å²) in [6.07, 6.45) is 6.64. The van der Waals surface area contributed by atoms with E-state index in [1.54, 1.807) is 36.2 Å². The van der Waals surface area contributed by atoms with Crippen molar-refractivity contribution in [1.29, 1.82) is 0 Å². The van der Waals surface area contributed by atoms with E-state index < -0.39 is 11.7 Å². The second kappa shape index (κ2) is 18.2. The smallest absolute Gasteiger partial charge is 0.258 e. The van der Waals surface area contributed by atoms with Crippen LogP contribution in [-0.2, 0) is 0 Å². The maximum Gasteiger partial charge on any atom is 0.258 e. The fraction of sp³-hybridized carbons (Fsp3) is 0.294. The minimum atomic E-state index is -0.564. The lowest BCUT2D eigenvalue weighted by atomic mass is 10.1. The number of carbonyl (C=O) groups is 1. The summed E-state index contributed by atoms with van der Waals surface area (Å²) in [7, 11) is 0. The number of pyridine rings is 1. The number of rotatable bonds is 8. The van der Waals surface area contributed by atoms with Crippen molar-refractivity contribution >= 4 is 51.7 Å². The van der Waals surface area contributed by atoms with Crippen LogP contribution in [0, 0.1) is 5.82 Å². The molecule has 0 radical (unpaired) electrons. The predicted molar refractivity (Wildman–Crippen MR) is 179 cm³/mol. The first kappa shape index (κ1) is 33.9. The molecule has 4 nitrogen and oxygen atoms in total. The van der Waals surface area contributed by atoms with E-state index in [2.05, 4.69) is 24.1 Å². The summed E-state index contributed by atoms with van der Waals surface area (Å²) >= 11 is 8.03. The number of amides is 1. The lowest BCUT2D eigenvalue weighted by molar-refractivity contribution is 0.102. The molecule has 0 aliphatic carbocycles. The van der Waals surface area contributed by atoms with Crippen LogP contribution in [0.5, 0.6) is 0 Å². The molecule has 7 heteroatoms. The zero-order valence-corrected chi connectivity index (χ0v) is 26.5. The maximum absolute atomic E-state index is 14.8. The fourth-order valence-corrected chi connectivity index (χ4v) is 4.53. The van der Waals surface area contributed by atoms with Gasteiger partial charge in [-0.25, -0.2) is 9.37 Å². The number of hydrogen-bond donors (Lipinski definition) is 1. The van der Waals surface area contributed by atoms with Crippen LogP contribution in [0.4, 0.5) is 15.8 Å². The third kappa shape index (κ3) is 10.2. The maximum atomic E-state index is 14.8. The lowest BCUT2D eigenvalue weighted by Crippen LogP contribution is -2.17. The second-order valence-electron chi connectivity index (χ2n) is 8.98. The Morgan fingerprint density at radius 3 is 2.27 bits per heavy atom. The number of para-hydroxylation sites is 1. The number of aromatic nitrogens is 1. The molecule has 4 aromatic rings. The van der Waals surface area contributed by atoms with Gasteiger partial charge in [0.05, 0.1) is 21.8 Å². The molecular weight excluding hydrogens is 553 g/mol. The molecule has 0 unspecified atom stereocenters. The van der Waals surface area contributed by atoms with E-state index in [1.165, 1.54) is 25.0 Å². The minimum absolute atomic E-state index is 0.0170. The van der Waals surface area contributed by atoms with Gasteiger partial charge in [0, 0.05) is 34.6 Å². The minimum Gasteiger partial charge on any atom is -0.322 e. The van der Waals surface area contributed by atoms with Crippen LogP contribution in [0.3, 0.4) is 0 Å². The SMILES string of the molecule is C/C=C\C.CCCC.CCSN(CC)c1ccc(C(=O)Nc2ccc(Cl)c(-c3ccc4ccccc4n3)c2)c(F)c1. The van der Waals surface area contributed by atoms with Crippen molar-refractivity contribution in [2.45, 2.75) is 54.4 Å². The lowest BCUT2D eigenvalue weighted by Gasteiger charge is -2.21. The topological polar surface area (TPSA) is 45.2 Å². The van der Waals surface area contributed by atoms with Gasteiger partial charge >= 0.3 is 0 Å². The number of anilines is 2. The van der Waals surface area contributed by atoms with Crippen LogP contribution in [0.25, 0.3) is 22.2 Å². The number of allylic oxidation sites excluding steroid dienone is 2. The summed E-state index contributed by atoms with van der Waals surface area (Å²) in [5.41, 5.74) is 3.45. The van der Waals surface area contributed by atoms with E-state index in [-0.39, 0.29) is 5.56 Å². The fourth-order valence-electron chi connectivity index (χ4n) is 3.56. The average Bonchev–Trinajstić information content (AvgIpc) is 3.00. The zero-order valence-electron chi connectivity index (χ0n) is 24.9. The molecule has 0 atom stereocenters. The van der Waals surface area contributed by atoms with Gasteiger partial charge in [-0.15, -0.1) is 0 Å². The number of carbonyl (C=O) groups excluding carboxylic acids is 1. The summed E-state index contributed by atoms with van der Waals surface area (Å²) in [5, 5.41) is 4.32. The number of nitrogens with one attached hydrogen (secondary N) is 1. The first-order chi connectivity index (χ1) is 19.8. The van der Waals surface area contributed by atoms with Gasteiger partial charge in [-0.1, -0.05) is 93.6 Å². The highest BCUT2D eigenvalue weighted by Gasteiger charge is 2.16. The van der Waals surface area contributed by atoms with Gasteiger partial charge in [0.15, 0.2) is 0 Å². The van der Waals surface area contributed by atoms with Crippen LogP contribution in [-0.4, -0.2) is 23.2 Å². The van der Waals surface area contributed by atoms with Crippen LogP contribution >= 0.6 is 23.5 Å². The Balaban J connectivity index is 0.000000653. The molecule has 218 valence electrons. The highest BCUT2D eigenvalue weighted by Crippen LogP contribution is 2.31. The molecule has 1 aromatic heterocycles. The van der Waals surface area contributed by atoms with Gasteiger partial charge in [0.1, 0.15) is 5.82 Å². The number of hydrogen-bond acceptors (Lipinski definition) is 4. The number of fused-ring (bicyclic) bond motifs is 1. The molecule has 0 aliphatic rings. The molecule has 41 heavy (non-hydrogen) atoms. The predicted octanol–water partition coefficient (Wildman–Crippen LogP) is 10.8. The van der Waals surface area contributed by atoms with Gasteiger partial charge in [-0.2, -0.15) is 0 Å². The summed E-state index contributed by atoms with van der Waals surface area (Å²) < 4.78 is 16.8. The Morgan fingerprint density at radius 1 is 0.951 bits per heavy atom. The molecular formula is C34H41ClFN3OS. The van der Waals surface area contributed by atoms with Gasteiger partial charge in [0.25, 0.3) is 5.91 Å². The van der Waals surface area contributed by atoms with Crippen LogP contribution in [0.15, 0.2) is 84.9 Å². The normalized spacial score (nSPS) is 10.4. The average molecular weight is 594 g/mol. The van der Waals surface area contributed by atoms with Crippen molar-refractivity contribution in [3.63, 3.8) is 0 Å². The van der Waals surface area contributed by atoms with Crippen molar-refractivity contribution < 1.29 is 9.18 Å². The molecule has 1 heterocycles. The van der Waals surface area contributed by atoms with Crippen molar-refractivity contribution in [3.05, 3.63) is 101 Å². The second-order valence-corrected chi connectivity index (χ2v) is 10.7. The molecule has 0 aliphatic heterocycles.